The largest absolute Gasteiger partial charge is 0.478 e. The second kappa shape index (κ2) is 5.39. The molecule has 6 heteroatoms. The summed E-state index contributed by atoms with van der Waals surface area (Å²) in [6.07, 6.45) is 0.457. The molecule has 0 radical (unpaired) electrons. The van der Waals surface area contributed by atoms with Crippen LogP contribution in [0.5, 0.6) is 0 Å². The first kappa shape index (κ1) is 12.9. The number of amides is 1. The van der Waals surface area contributed by atoms with Crippen LogP contribution in [0.4, 0.5) is 5.69 Å². The van der Waals surface area contributed by atoms with Crippen LogP contribution in [0, 0.1) is 0 Å². The smallest absolute Gasteiger partial charge is 0.336 e. The molecule has 1 aromatic carbocycles. The topological polar surface area (TPSA) is 69.6 Å². The number of halogens is 1. The van der Waals surface area contributed by atoms with Crippen LogP contribution < -0.4 is 10.2 Å². The highest BCUT2D eigenvalue weighted by Crippen LogP contribution is 2.24. The first-order chi connectivity index (χ1) is 8.58. The van der Waals surface area contributed by atoms with Crippen molar-refractivity contribution >= 4 is 33.5 Å². The average Bonchev–Trinajstić information content (AvgIpc) is 2.53. The van der Waals surface area contributed by atoms with Gasteiger partial charge in [0.25, 0.3) is 0 Å². The molecule has 0 unspecified atom stereocenters. The lowest BCUT2D eigenvalue weighted by atomic mass is 10.2. The monoisotopic (exact) mass is 312 g/mol. The van der Waals surface area contributed by atoms with Gasteiger partial charge in [0.15, 0.2) is 0 Å². The van der Waals surface area contributed by atoms with Gasteiger partial charge in [-0.1, -0.05) is 0 Å². The van der Waals surface area contributed by atoms with Crippen LogP contribution in [0.15, 0.2) is 22.7 Å². The van der Waals surface area contributed by atoms with Crippen LogP contribution >= 0.6 is 15.9 Å². The van der Waals surface area contributed by atoms with Gasteiger partial charge < -0.3 is 15.3 Å². The summed E-state index contributed by atoms with van der Waals surface area (Å²) in [5, 5.41) is 11.8. The number of carbonyl (C=O) groups is 2. The van der Waals surface area contributed by atoms with Gasteiger partial charge in [0.1, 0.15) is 0 Å². The summed E-state index contributed by atoms with van der Waals surface area (Å²) in [5.41, 5.74) is 1.16. The zero-order chi connectivity index (χ0) is 13.1. The van der Waals surface area contributed by atoms with Crippen LogP contribution in [-0.2, 0) is 4.79 Å². The Morgan fingerprint density at radius 2 is 2.17 bits per heavy atom. The molecule has 1 saturated heterocycles. The lowest BCUT2D eigenvalue weighted by Crippen LogP contribution is -2.28. The molecule has 18 heavy (non-hydrogen) atoms. The number of benzene rings is 1. The number of aromatic carboxylic acids is 1. The first-order valence-corrected chi connectivity index (χ1v) is 6.42. The molecule has 0 saturated carbocycles. The first-order valence-electron chi connectivity index (χ1n) is 5.62. The van der Waals surface area contributed by atoms with Crippen molar-refractivity contribution < 1.29 is 14.7 Å². The maximum Gasteiger partial charge on any atom is 0.336 e. The average molecular weight is 313 g/mol. The van der Waals surface area contributed by atoms with E-state index in [0.29, 0.717) is 24.0 Å². The summed E-state index contributed by atoms with van der Waals surface area (Å²) < 4.78 is 0.552. The van der Waals surface area contributed by atoms with E-state index >= 15 is 0 Å². The lowest BCUT2D eigenvalue weighted by Gasteiger charge is -2.22. The Bertz CT molecular complexity index is 490. The molecule has 2 N–H and O–H groups in total. The Morgan fingerprint density at radius 1 is 1.39 bits per heavy atom. The van der Waals surface area contributed by atoms with E-state index in [1.165, 1.54) is 0 Å². The van der Waals surface area contributed by atoms with Gasteiger partial charge in [-0.15, -0.1) is 0 Å². The summed E-state index contributed by atoms with van der Waals surface area (Å²) in [4.78, 5) is 24.2. The number of anilines is 1. The standard InChI is InChI=1S/C12H13BrN2O3/c13-10-7-8(1-2-9(10)12(17)18)15-5-3-11(16)14-4-6-15/h1-2,7H,3-6H2,(H,14,16)(H,17,18). The quantitative estimate of drug-likeness (QED) is 0.867. The van der Waals surface area contributed by atoms with E-state index in [0.717, 1.165) is 12.2 Å². The fraction of sp³-hybridized carbons (Fsp3) is 0.333. The summed E-state index contributed by atoms with van der Waals surface area (Å²) in [7, 11) is 0. The molecule has 5 nitrogen and oxygen atoms in total. The van der Waals surface area contributed by atoms with Crippen LogP contribution in [0.25, 0.3) is 0 Å². The minimum absolute atomic E-state index is 0.0544. The molecular weight excluding hydrogens is 300 g/mol. The third-order valence-electron chi connectivity index (χ3n) is 2.86. The Labute approximate surface area is 113 Å². The summed E-state index contributed by atoms with van der Waals surface area (Å²) in [6, 6.07) is 5.12. The molecule has 1 aromatic rings. The van der Waals surface area contributed by atoms with Gasteiger partial charge in [-0.2, -0.15) is 0 Å². The fourth-order valence-corrected chi connectivity index (χ4v) is 2.44. The Morgan fingerprint density at radius 3 is 2.83 bits per heavy atom. The summed E-state index contributed by atoms with van der Waals surface area (Å²) in [6.45, 7) is 1.98. The number of nitrogens with one attached hydrogen (secondary N) is 1. The molecule has 1 heterocycles. The van der Waals surface area contributed by atoms with Crippen molar-refractivity contribution in [1.29, 1.82) is 0 Å². The molecule has 0 aliphatic carbocycles. The maximum atomic E-state index is 11.2. The second-order valence-electron chi connectivity index (χ2n) is 4.06. The predicted octanol–water partition coefficient (Wildman–Crippen LogP) is 1.47. The molecule has 2 rings (SSSR count). The third kappa shape index (κ3) is 2.81. The number of hydrogen-bond donors (Lipinski definition) is 2. The van der Waals surface area contributed by atoms with E-state index < -0.39 is 5.97 Å². The molecule has 0 spiro atoms. The van der Waals surface area contributed by atoms with Gasteiger partial charge in [0, 0.05) is 36.2 Å². The Kier molecular flexibility index (Phi) is 3.86. The number of hydrogen-bond acceptors (Lipinski definition) is 3. The van der Waals surface area contributed by atoms with E-state index in [1.54, 1.807) is 18.2 Å². The summed E-state index contributed by atoms with van der Waals surface area (Å²) in [5.74, 6) is -0.903. The Hall–Kier alpha value is -1.56. The fourth-order valence-electron chi connectivity index (χ4n) is 1.90. The van der Waals surface area contributed by atoms with E-state index in [4.69, 9.17) is 5.11 Å². The molecule has 0 bridgehead atoms. The Balaban J connectivity index is 2.20. The molecule has 1 aliphatic heterocycles. The molecule has 0 atom stereocenters. The second-order valence-corrected chi connectivity index (χ2v) is 4.91. The van der Waals surface area contributed by atoms with Crippen molar-refractivity contribution in [1.82, 2.24) is 5.32 Å². The molecular formula is C12H13BrN2O3. The van der Waals surface area contributed by atoms with Crippen molar-refractivity contribution in [3.05, 3.63) is 28.2 Å². The number of carboxylic acids is 1. The minimum atomic E-state index is -0.957. The van der Waals surface area contributed by atoms with Crippen LogP contribution in [0.3, 0.4) is 0 Å². The minimum Gasteiger partial charge on any atom is -0.478 e. The van der Waals surface area contributed by atoms with Crippen molar-refractivity contribution in [3.8, 4) is 0 Å². The van der Waals surface area contributed by atoms with Gasteiger partial charge in [-0.05, 0) is 34.1 Å². The highest BCUT2D eigenvalue weighted by atomic mass is 79.9. The number of rotatable bonds is 2. The SMILES string of the molecule is O=C1CCN(c2ccc(C(=O)O)c(Br)c2)CCN1. The van der Waals surface area contributed by atoms with Gasteiger partial charge in [-0.3, -0.25) is 4.79 Å². The number of carboxylic acid groups (broad SMARTS) is 1. The van der Waals surface area contributed by atoms with Crippen molar-refractivity contribution in [2.45, 2.75) is 6.42 Å². The zero-order valence-corrected chi connectivity index (χ0v) is 11.2. The number of nitrogens with zero attached hydrogens (tertiary/aromatic N) is 1. The molecule has 96 valence electrons. The van der Waals surface area contributed by atoms with Crippen molar-refractivity contribution in [3.63, 3.8) is 0 Å². The number of carbonyl (C=O) groups excluding carboxylic acids is 1. The highest BCUT2D eigenvalue weighted by Gasteiger charge is 2.16. The zero-order valence-electron chi connectivity index (χ0n) is 9.65. The van der Waals surface area contributed by atoms with Crippen molar-refractivity contribution in [2.24, 2.45) is 0 Å². The van der Waals surface area contributed by atoms with E-state index in [2.05, 4.69) is 26.1 Å². The predicted molar refractivity (Wildman–Crippen MR) is 70.9 cm³/mol. The van der Waals surface area contributed by atoms with Gasteiger partial charge >= 0.3 is 5.97 Å². The summed E-state index contributed by atoms with van der Waals surface area (Å²) >= 11 is 3.26. The van der Waals surface area contributed by atoms with Crippen LogP contribution in [0.2, 0.25) is 0 Å². The van der Waals surface area contributed by atoms with Crippen LogP contribution in [0.1, 0.15) is 16.8 Å². The lowest BCUT2D eigenvalue weighted by molar-refractivity contribution is -0.120. The molecule has 1 amide bonds. The molecule has 1 aliphatic rings. The highest BCUT2D eigenvalue weighted by molar-refractivity contribution is 9.10. The van der Waals surface area contributed by atoms with Crippen molar-refractivity contribution in [2.75, 3.05) is 24.5 Å². The molecule has 0 aromatic heterocycles. The van der Waals surface area contributed by atoms with Crippen LogP contribution in [-0.4, -0.2) is 36.6 Å². The normalized spacial score (nSPS) is 16.1. The molecule has 1 fully saturated rings. The van der Waals surface area contributed by atoms with E-state index in [9.17, 15) is 9.59 Å². The van der Waals surface area contributed by atoms with Gasteiger partial charge in [0.05, 0.1) is 5.56 Å². The van der Waals surface area contributed by atoms with Gasteiger partial charge in [0.2, 0.25) is 5.91 Å². The van der Waals surface area contributed by atoms with Gasteiger partial charge in [-0.25, -0.2) is 4.79 Å². The maximum absolute atomic E-state index is 11.2. The third-order valence-corrected chi connectivity index (χ3v) is 3.52. The van der Waals surface area contributed by atoms with E-state index in [1.807, 2.05) is 0 Å². The van der Waals surface area contributed by atoms with E-state index in [-0.39, 0.29) is 11.5 Å².